The van der Waals surface area contributed by atoms with Gasteiger partial charge < -0.3 is 0 Å². The second kappa shape index (κ2) is 4.80. The monoisotopic (exact) mass is 142 g/mol. The second-order valence-electron chi connectivity index (χ2n) is 1.87. The first-order chi connectivity index (χ1) is 3.68. The van der Waals surface area contributed by atoms with Gasteiger partial charge >= 0.3 is 72.5 Å². The summed E-state index contributed by atoms with van der Waals surface area (Å²) in [7, 11) is 0. The van der Waals surface area contributed by atoms with Crippen molar-refractivity contribution in [2.24, 2.45) is 0 Å². The average molecular weight is 143 g/mol. The topological polar surface area (TPSA) is 17.1 Å². The van der Waals surface area contributed by atoms with Crippen LogP contribution < -0.4 is 0 Å². The maximum absolute atomic E-state index is 10.5. The number of halogens is 1. The van der Waals surface area contributed by atoms with Crippen LogP contribution in [0.25, 0.3) is 0 Å². The van der Waals surface area contributed by atoms with E-state index in [1.807, 2.05) is 6.92 Å². The van der Waals surface area contributed by atoms with E-state index in [4.69, 9.17) is 11.6 Å². The van der Waals surface area contributed by atoms with Gasteiger partial charge in [-0.2, -0.15) is 0 Å². The van der Waals surface area contributed by atoms with Gasteiger partial charge in [-0.1, -0.05) is 0 Å². The number of hydrogen-bond donors (Lipinski definition) is 0. The summed E-state index contributed by atoms with van der Waals surface area (Å²) < 4.78 is 0.216. The number of rotatable bonds is 3. The fraction of sp³-hybridized carbons (Fsp3) is 0.800. The Kier molecular flexibility index (Phi) is 5.38. The van der Waals surface area contributed by atoms with E-state index in [1.54, 1.807) is 0 Å². The third kappa shape index (κ3) is 3.90. The molecule has 1 unspecified atom stereocenters. The van der Waals surface area contributed by atoms with Crippen LogP contribution in [0.15, 0.2) is 0 Å². The van der Waals surface area contributed by atoms with Crippen molar-refractivity contribution in [2.45, 2.75) is 25.1 Å². The molecule has 0 amide bonds. The van der Waals surface area contributed by atoms with Crippen molar-refractivity contribution in [2.75, 3.05) is 0 Å². The van der Waals surface area contributed by atoms with Crippen LogP contribution in [0.3, 0.4) is 0 Å². The van der Waals surface area contributed by atoms with E-state index in [-0.39, 0.29) is 8.41 Å². The molecule has 1 nitrogen and oxygen atoms in total. The molecule has 0 fully saturated rings. The van der Waals surface area contributed by atoms with Gasteiger partial charge in [-0.05, 0) is 0 Å². The van der Waals surface area contributed by atoms with Crippen molar-refractivity contribution in [3.63, 3.8) is 0 Å². The van der Waals surface area contributed by atoms with E-state index in [1.165, 1.54) is 0 Å². The Labute approximate surface area is 72.2 Å². The molecule has 0 saturated heterocycles. The normalized spacial score (nSPS) is 13.5. The van der Waals surface area contributed by atoms with Gasteiger partial charge in [0.2, 0.25) is 0 Å². The molecule has 0 N–H and O–H groups in total. The third-order valence-corrected chi connectivity index (χ3v) is 2.57. The molecule has 0 spiro atoms. The van der Waals surface area contributed by atoms with Crippen LogP contribution in [-0.2, 0) is 4.79 Å². The van der Waals surface area contributed by atoms with Crippen LogP contribution in [0.4, 0.5) is 0 Å². The summed E-state index contributed by atoms with van der Waals surface area (Å²) in [6.07, 6.45) is 1.84. The molecular weight excluding hydrogens is 134 g/mol. The van der Waals surface area contributed by atoms with Gasteiger partial charge in [0.25, 0.3) is 0 Å². The summed E-state index contributed by atoms with van der Waals surface area (Å²) in [6, 6.07) is 0. The number of carbonyl (C=O) groups excluding carboxylic acids is 1. The van der Waals surface area contributed by atoms with E-state index in [9.17, 15) is 4.79 Å². The summed E-state index contributed by atoms with van der Waals surface area (Å²) >= 11 is 6.20. The summed E-state index contributed by atoms with van der Waals surface area (Å²) in [6.45, 7) is 2.03. The summed E-state index contributed by atoms with van der Waals surface area (Å²) in [5.74, 6) is 0. The van der Waals surface area contributed by atoms with Crippen LogP contribution in [-0.4, -0.2) is 36.3 Å². The van der Waals surface area contributed by atoms with E-state index in [0.717, 1.165) is 12.8 Å². The second-order valence-corrected chi connectivity index (χ2v) is 3.38. The summed E-state index contributed by atoms with van der Waals surface area (Å²) in [5, 5.41) is -0.188. The van der Waals surface area contributed by atoms with Crippen molar-refractivity contribution in [3.8, 4) is 0 Å². The van der Waals surface area contributed by atoms with Gasteiger partial charge in [-0.25, -0.2) is 0 Å². The van der Waals surface area contributed by atoms with Gasteiger partial charge in [0.1, 0.15) is 0 Å². The van der Waals surface area contributed by atoms with Crippen molar-refractivity contribution in [1.29, 1.82) is 0 Å². The van der Waals surface area contributed by atoms with Gasteiger partial charge in [0, 0.05) is 0 Å². The van der Waals surface area contributed by atoms with E-state index in [2.05, 4.69) is 0 Å². The SMILES string of the molecule is CCCC(Cl)[C](=O)[Na]. The first-order valence-electron chi connectivity index (χ1n) is 2.83. The van der Waals surface area contributed by atoms with Gasteiger partial charge in [-0.3, -0.25) is 0 Å². The average Bonchev–Trinajstić information content (AvgIpc) is 1.67. The first-order valence-corrected chi connectivity index (χ1v) is 4.26. The predicted octanol–water partition coefficient (Wildman–Crippen LogP) is 1.09. The van der Waals surface area contributed by atoms with Crippen LogP contribution in [0, 0.1) is 0 Å². The molecule has 0 aliphatic rings. The molecule has 0 heterocycles. The maximum atomic E-state index is 10.5. The first kappa shape index (κ1) is 8.96. The van der Waals surface area contributed by atoms with Crippen LogP contribution in [0.1, 0.15) is 19.8 Å². The van der Waals surface area contributed by atoms with Gasteiger partial charge in [-0.15, -0.1) is 0 Å². The Morgan fingerprint density at radius 1 is 1.88 bits per heavy atom. The Balaban J connectivity index is 3.32. The molecule has 42 valence electrons. The van der Waals surface area contributed by atoms with Crippen molar-refractivity contribution in [3.05, 3.63) is 0 Å². The minimum atomic E-state index is -0.188. The molecule has 0 aromatic carbocycles. The molecule has 0 aliphatic heterocycles. The number of carbonyl (C=O) groups is 1. The Hall–Kier alpha value is 0.960. The Bertz CT molecular complexity index is 84.5. The zero-order chi connectivity index (χ0) is 6.57. The summed E-state index contributed by atoms with van der Waals surface area (Å²) in [5.41, 5.74) is 0. The molecule has 0 rings (SSSR count). The molecule has 8 heavy (non-hydrogen) atoms. The number of hydrogen-bond acceptors (Lipinski definition) is 1. The Morgan fingerprint density at radius 3 is 2.50 bits per heavy atom. The molecule has 0 aromatic rings. The van der Waals surface area contributed by atoms with Crippen molar-refractivity contribution < 1.29 is 4.79 Å². The van der Waals surface area contributed by atoms with Gasteiger partial charge in [0.15, 0.2) is 0 Å². The fourth-order valence-corrected chi connectivity index (χ4v) is 0.964. The zero-order valence-electron chi connectivity index (χ0n) is 5.28. The molecular formula is C5H8ClNaO. The molecule has 3 heteroatoms. The van der Waals surface area contributed by atoms with Crippen molar-refractivity contribution in [1.82, 2.24) is 0 Å². The third-order valence-electron chi connectivity index (χ3n) is 0.983. The zero-order valence-corrected chi connectivity index (χ0v) is 8.03. The molecule has 0 aromatic heterocycles. The molecule has 0 aliphatic carbocycles. The number of alkyl halides is 1. The van der Waals surface area contributed by atoms with Crippen LogP contribution in [0.2, 0.25) is 0 Å². The molecule has 0 bridgehead atoms. The van der Waals surface area contributed by atoms with Crippen molar-refractivity contribution >= 4 is 42.6 Å². The van der Waals surface area contributed by atoms with Crippen LogP contribution in [0.5, 0.6) is 0 Å². The quantitative estimate of drug-likeness (QED) is 0.426. The van der Waals surface area contributed by atoms with E-state index >= 15 is 0 Å². The van der Waals surface area contributed by atoms with Gasteiger partial charge in [0.05, 0.1) is 0 Å². The Morgan fingerprint density at radius 2 is 2.38 bits per heavy atom. The predicted molar refractivity (Wildman–Crippen MR) is 35.3 cm³/mol. The fourth-order valence-electron chi connectivity index (χ4n) is 0.457. The molecule has 0 saturated carbocycles. The van der Waals surface area contributed by atoms with E-state index in [0.29, 0.717) is 27.9 Å². The van der Waals surface area contributed by atoms with E-state index < -0.39 is 0 Å². The standard InChI is InChI=1S/C5H8ClO.Na/c1-2-3-5(6)4-7;/h5H,2-3H2,1H3;. The molecule has 1 atom stereocenters. The summed E-state index contributed by atoms with van der Waals surface area (Å²) in [4.78, 5) is 10.5. The molecule has 0 radical (unpaired) electrons. The van der Waals surface area contributed by atoms with Crippen LogP contribution >= 0.6 is 11.6 Å². The minimum absolute atomic E-state index is 0.188.